The van der Waals surface area contributed by atoms with Gasteiger partial charge in [0, 0.05) is 11.0 Å². The Labute approximate surface area is 186 Å². The summed E-state index contributed by atoms with van der Waals surface area (Å²) in [7, 11) is 0. The number of thioether (sulfide) groups is 1. The molecule has 0 spiro atoms. The first kappa shape index (κ1) is 20.2. The van der Waals surface area contributed by atoms with E-state index in [0.29, 0.717) is 31.6 Å². The van der Waals surface area contributed by atoms with E-state index in [9.17, 15) is 4.79 Å². The minimum atomic E-state index is -0.224. The van der Waals surface area contributed by atoms with Crippen molar-refractivity contribution in [3.8, 4) is 0 Å². The molecular weight excluding hydrogens is 447 g/mol. The van der Waals surface area contributed by atoms with Crippen LogP contribution in [0.1, 0.15) is 11.3 Å². The van der Waals surface area contributed by atoms with Crippen molar-refractivity contribution in [1.29, 1.82) is 0 Å². The lowest BCUT2D eigenvalue weighted by atomic mass is 10.2. The zero-order valence-corrected chi connectivity index (χ0v) is 18.3. The van der Waals surface area contributed by atoms with Gasteiger partial charge in [0.05, 0.1) is 20.6 Å². The number of amidine groups is 1. The van der Waals surface area contributed by atoms with Gasteiger partial charge in [0.25, 0.3) is 5.91 Å². The Morgan fingerprint density at radius 3 is 2.62 bits per heavy atom. The van der Waals surface area contributed by atoms with E-state index in [2.05, 4.69) is 29.4 Å². The van der Waals surface area contributed by atoms with E-state index in [1.807, 2.05) is 24.3 Å². The summed E-state index contributed by atoms with van der Waals surface area (Å²) in [4.78, 5) is 18.2. The van der Waals surface area contributed by atoms with Crippen molar-refractivity contribution in [2.45, 2.75) is 16.9 Å². The van der Waals surface area contributed by atoms with Gasteiger partial charge in [-0.1, -0.05) is 52.7 Å². The van der Waals surface area contributed by atoms with Crippen LogP contribution in [0.3, 0.4) is 0 Å². The topological polar surface area (TPSA) is 54.6 Å². The Bertz CT molecular complexity index is 1140. The number of nitrogens with zero attached hydrogens (tertiary/aromatic N) is 1. The van der Waals surface area contributed by atoms with E-state index >= 15 is 0 Å². The molecule has 1 saturated heterocycles. The molecule has 0 unspecified atom stereocenters. The molecule has 2 aromatic carbocycles. The van der Waals surface area contributed by atoms with E-state index in [0.717, 1.165) is 9.99 Å². The van der Waals surface area contributed by atoms with Gasteiger partial charge in [-0.15, -0.1) is 0 Å². The highest BCUT2D eigenvalue weighted by molar-refractivity contribution is 8.18. The summed E-state index contributed by atoms with van der Waals surface area (Å²) in [6.45, 7) is 2.05. The van der Waals surface area contributed by atoms with Gasteiger partial charge in [0.15, 0.2) is 10.3 Å². The Hall–Kier alpha value is -2.12. The number of amides is 1. The first-order valence-corrected chi connectivity index (χ1v) is 10.9. The number of halogens is 2. The van der Waals surface area contributed by atoms with Gasteiger partial charge in [-0.05, 0) is 61.2 Å². The standard InChI is InChI=1S/C21H14Cl2N2O2S2/c1-12-2-6-15(7-3-12)28-19-9-5-14(27-19)11-18-20(26)25-21(29-18)24-13-4-8-16(22)17(23)10-13/h2-11H,1H3,(H,24,25,26)/b18-11-. The Morgan fingerprint density at radius 1 is 1.07 bits per heavy atom. The van der Waals surface area contributed by atoms with E-state index in [1.54, 1.807) is 24.3 Å². The number of hydrogen-bond donors (Lipinski definition) is 1. The average molecular weight is 461 g/mol. The predicted octanol–water partition coefficient (Wildman–Crippen LogP) is 6.94. The first-order chi connectivity index (χ1) is 14.0. The van der Waals surface area contributed by atoms with E-state index in [-0.39, 0.29) is 5.91 Å². The molecule has 1 amide bonds. The molecule has 29 heavy (non-hydrogen) atoms. The minimum Gasteiger partial charge on any atom is -0.450 e. The zero-order chi connectivity index (χ0) is 20.4. The number of hydrogen-bond acceptors (Lipinski definition) is 5. The second-order valence-electron chi connectivity index (χ2n) is 6.15. The number of carbonyl (C=O) groups excluding carboxylic acids is 1. The maximum atomic E-state index is 12.3. The van der Waals surface area contributed by atoms with E-state index < -0.39 is 0 Å². The molecule has 1 aliphatic heterocycles. The maximum Gasteiger partial charge on any atom is 0.264 e. The van der Waals surface area contributed by atoms with Gasteiger partial charge >= 0.3 is 0 Å². The van der Waals surface area contributed by atoms with Crippen LogP contribution in [0.4, 0.5) is 5.69 Å². The second kappa shape index (κ2) is 8.71. The number of rotatable bonds is 4. The molecule has 1 N–H and O–H groups in total. The molecule has 8 heteroatoms. The molecule has 1 fully saturated rings. The Kier molecular flexibility index (Phi) is 6.06. The molecule has 4 nitrogen and oxygen atoms in total. The number of aryl methyl sites for hydroxylation is 1. The fraction of sp³-hybridized carbons (Fsp3) is 0.0476. The van der Waals surface area contributed by atoms with Gasteiger partial charge in [-0.3, -0.25) is 4.79 Å². The molecule has 2 heterocycles. The second-order valence-corrected chi connectivity index (χ2v) is 9.08. The number of benzene rings is 2. The summed E-state index contributed by atoms with van der Waals surface area (Å²) in [6.07, 6.45) is 1.70. The minimum absolute atomic E-state index is 0.224. The average Bonchev–Trinajstić information content (AvgIpc) is 3.27. The van der Waals surface area contributed by atoms with Crippen LogP contribution in [0.2, 0.25) is 10.0 Å². The molecule has 4 rings (SSSR count). The quantitative estimate of drug-likeness (QED) is 0.428. The highest BCUT2D eigenvalue weighted by Gasteiger charge is 2.24. The summed E-state index contributed by atoms with van der Waals surface area (Å²) >= 11 is 14.7. The van der Waals surface area contributed by atoms with Crippen LogP contribution in [0.5, 0.6) is 0 Å². The first-order valence-electron chi connectivity index (χ1n) is 8.55. The summed E-state index contributed by atoms with van der Waals surface area (Å²) in [6, 6.07) is 17.0. The van der Waals surface area contributed by atoms with Crippen molar-refractivity contribution in [3.63, 3.8) is 0 Å². The summed E-state index contributed by atoms with van der Waals surface area (Å²) in [5, 5.41) is 4.84. The van der Waals surface area contributed by atoms with E-state index in [4.69, 9.17) is 27.6 Å². The lowest BCUT2D eigenvalue weighted by Crippen LogP contribution is -2.19. The normalized spacial score (nSPS) is 16.6. The Balaban J connectivity index is 1.48. The predicted molar refractivity (Wildman–Crippen MR) is 121 cm³/mol. The van der Waals surface area contributed by atoms with Gasteiger partial charge in [0.1, 0.15) is 5.76 Å². The van der Waals surface area contributed by atoms with Crippen molar-refractivity contribution < 1.29 is 9.21 Å². The highest BCUT2D eigenvalue weighted by atomic mass is 35.5. The number of carbonyl (C=O) groups is 1. The lowest BCUT2D eigenvalue weighted by molar-refractivity contribution is -0.115. The molecule has 3 aromatic rings. The molecule has 146 valence electrons. The SMILES string of the molecule is Cc1ccc(Sc2ccc(/C=C3\SC(=Nc4ccc(Cl)c(Cl)c4)NC3=O)o2)cc1. The van der Waals surface area contributed by atoms with Crippen LogP contribution in [0.25, 0.3) is 6.08 Å². The van der Waals surface area contributed by atoms with Crippen LogP contribution in [-0.2, 0) is 4.79 Å². The molecule has 1 aromatic heterocycles. The number of furan rings is 1. The molecule has 0 atom stereocenters. The molecule has 0 radical (unpaired) electrons. The molecule has 0 saturated carbocycles. The maximum absolute atomic E-state index is 12.3. The van der Waals surface area contributed by atoms with Crippen molar-refractivity contribution in [2.24, 2.45) is 4.99 Å². The third-order valence-electron chi connectivity index (χ3n) is 3.90. The van der Waals surface area contributed by atoms with Gasteiger partial charge < -0.3 is 9.73 Å². The molecule has 0 bridgehead atoms. The molecular formula is C21H14Cl2N2O2S2. The third kappa shape index (κ3) is 5.08. The fourth-order valence-electron chi connectivity index (χ4n) is 2.47. The van der Waals surface area contributed by atoms with Crippen LogP contribution in [0.15, 0.2) is 78.9 Å². The molecule has 1 aliphatic rings. The van der Waals surface area contributed by atoms with Crippen molar-refractivity contribution in [3.05, 3.63) is 80.9 Å². The van der Waals surface area contributed by atoms with Gasteiger partial charge in [-0.2, -0.15) is 0 Å². The number of aliphatic imine (C=N–C) groups is 1. The third-order valence-corrected chi connectivity index (χ3v) is 6.48. The van der Waals surface area contributed by atoms with Crippen molar-refractivity contribution in [2.75, 3.05) is 0 Å². The summed E-state index contributed by atoms with van der Waals surface area (Å²) < 4.78 is 5.83. The monoisotopic (exact) mass is 460 g/mol. The zero-order valence-electron chi connectivity index (χ0n) is 15.1. The van der Waals surface area contributed by atoms with Crippen molar-refractivity contribution in [1.82, 2.24) is 5.32 Å². The van der Waals surface area contributed by atoms with Crippen LogP contribution < -0.4 is 5.32 Å². The largest absolute Gasteiger partial charge is 0.450 e. The van der Waals surface area contributed by atoms with Crippen molar-refractivity contribution >= 4 is 69.6 Å². The number of nitrogens with one attached hydrogen (secondary N) is 1. The lowest BCUT2D eigenvalue weighted by Gasteiger charge is -1.99. The summed E-state index contributed by atoms with van der Waals surface area (Å²) in [5.41, 5.74) is 1.82. The van der Waals surface area contributed by atoms with Crippen LogP contribution in [0, 0.1) is 6.92 Å². The van der Waals surface area contributed by atoms with Gasteiger partial charge in [-0.25, -0.2) is 4.99 Å². The summed E-state index contributed by atoms with van der Waals surface area (Å²) in [5.74, 6) is 0.381. The molecule has 0 aliphatic carbocycles. The van der Waals surface area contributed by atoms with E-state index in [1.165, 1.54) is 29.1 Å². The smallest absolute Gasteiger partial charge is 0.264 e. The highest BCUT2D eigenvalue weighted by Crippen LogP contribution is 2.33. The fourth-order valence-corrected chi connectivity index (χ4v) is 4.36. The Morgan fingerprint density at radius 2 is 1.86 bits per heavy atom. The van der Waals surface area contributed by atoms with Gasteiger partial charge in [0.2, 0.25) is 0 Å². The van der Waals surface area contributed by atoms with Crippen LogP contribution in [-0.4, -0.2) is 11.1 Å². The van der Waals surface area contributed by atoms with Crippen LogP contribution >= 0.6 is 46.7 Å².